The average molecular weight is 363 g/mol. The van der Waals surface area contributed by atoms with Crippen molar-refractivity contribution in [3.63, 3.8) is 0 Å². The maximum absolute atomic E-state index is 6.59. The Balaban J connectivity index is 2.14. The second kappa shape index (κ2) is 13.6. The summed E-state index contributed by atoms with van der Waals surface area (Å²) in [4.78, 5) is 0. The summed E-state index contributed by atoms with van der Waals surface area (Å²) in [5.41, 5.74) is 0. The minimum absolute atomic E-state index is 0.441. The summed E-state index contributed by atoms with van der Waals surface area (Å²) >= 11 is 0. The van der Waals surface area contributed by atoms with Crippen LogP contribution in [0.25, 0.3) is 0 Å². The monoisotopic (exact) mass is 362 g/mol. The van der Waals surface area contributed by atoms with Gasteiger partial charge in [-0.25, -0.2) is 0 Å². The van der Waals surface area contributed by atoms with Gasteiger partial charge in [0.25, 0.3) is 0 Å². The van der Waals surface area contributed by atoms with Crippen molar-refractivity contribution < 1.29 is 4.43 Å². The summed E-state index contributed by atoms with van der Waals surface area (Å²) in [6, 6.07) is 10.8. The molecule has 0 radical (unpaired) electrons. The predicted molar refractivity (Wildman–Crippen MR) is 115 cm³/mol. The van der Waals surface area contributed by atoms with E-state index in [1.165, 1.54) is 75.8 Å². The summed E-state index contributed by atoms with van der Waals surface area (Å²) in [5, 5.41) is 1.41. The lowest BCUT2D eigenvalue weighted by Crippen LogP contribution is -2.47. The SMILES string of the molecule is CCCCCCCCCCCCC(CC)O[Si](C)(C)c1ccccc1. The Bertz CT molecular complexity index is 415. The zero-order valence-corrected chi connectivity index (χ0v) is 18.4. The zero-order chi connectivity index (χ0) is 18.4. The van der Waals surface area contributed by atoms with E-state index in [9.17, 15) is 0 Å². The van der Waals surface area contributed by atoms with Gasteiger partial charge in [0.1, 0.15) is 0 Å². The van der Waals surface area contributed by atoms with Crippen molar-refractivity contribution in [3.05, 3.63) is 30.3 Å². The summed E-state index contributed by atoms with van der Waals surface area (Å²) in [7, 11) is -1.76. The molecule has 0 fully saturated rings. The van der Waals surface area contributed by atoms with Gasteiger partial charge in [-0.3, -0.25) is 0 Å². The lowest BCUT2D eigenvalue weighted by Gasteiger charge is -2.29. The molecule has 1 rings (SSSR count). The second-order valence-electron chi connectivity index (χ2n) is 8.00. The summed E-state index contributed by atoms with van der Waals surface area (Å²) < 4.78 is 6.59. The van der Waals surface area contributed by atoms with Crippen LogP contribution in [0.1, 0.15) is 90.9 Å². The summed E-state index contributed by atoms with van der Waals surface area (Å²) in [5.74, 6) is 0. The average Bonchev–Trinajstić information content (AvgIpc) is 2.63. The normalized spacial score (nSPS) is 13.1. The molecule has 0 amide bonds. The smallest absolute Gasteiger partial charge is 0.218 e. The molecule has 0 aromatic heterocycles. The molecule has 0 aliphatic rings. The molecule has 25 heavy (non-hydrogen) atoms. The van der Waals surface area contributed by atoms with E-state index >= 15 is 0 Å². The molecule has 0 N–H and O–H groups in total. The van der Waals surface area contributed by atoms with Crippen LogP contribution in [0.2, 0.25) is 13.1 Å². The van der Waals surface area contributed by atoms with Crippen LogP contribution in [0.4, 0.5) is 0 Å². The van der Waals surface area contributed by atoms with Gasteiger partial charge in [0.05, 0.1) is 0 Å². The van der Waals surface area contributed by atoms with Gasteiger partial charge in [-0.1, -0.05) is 108 Å². The highest BCUT2D eigenvalue weighted by atomic mass is 28.4. The topological polar surface area (TPSA) is 9.23 Å². The Kier molecular flexibility index (Phi) is 12.2. The van der Waals surface area contributed by atoms with Gasteiger partial charge in [-0.05, 0) is 31.1 Å². The number of unbranched alkanes of at least 4 members (excludes halogenated alkanes) is 9. The minimum Gasteiger partial charge on any atom is -0.410 e. The highest BCUT2D eigenvalue weighted by molar-refractivity contribution is 6.84. The molecule has 0 saturated heterocycles. The van der Waals surface area contributed by atoms with E-state index in [2.05, 4.69) is 57.3 Å². The molecule has 1 aromatic carbocycles. The molecule has 0 heterocycles. The van der Waals surface area contributed by atoms with Crippen LogP contribution < -0.4 is 5.19 Å². The van der Waals surface area contributed by atoms with E-state index in [0.29, 0.717) is 6.10 Å². The highest BCUT2D eigenvalue weighted by Crippen LogP contribution is 2.18. The highest BCUT2D eigenvalue weighted by Gasteiger charge is 2.28. The zero-order valence-electron chi connectivity index (χ0n) is 17.4. The van der Waals surface area contributed by atoms with Crippen LogP contribution in [0.15, 0.2) is 30.3 Å². The van der Waals surface area contributed by atoms with Crippen molar-refractivity contribution in [2.45, 2.75) is 110 Å². The molecule has 144 valence electrons. The van der Waals surface area contributed by atoms with Crippen LogP contribution in [0.5, 0.6) is 0 Å². The first-order valence-corrected chi connectivity index (χ1v) is 13.7. The lowest BCUT2D eigenvalue weighted by atomic mass is 10.0. The van der Waals surface area contributed by atoms with Crippen molar-refractivity contribution in [3.8, 4) is 0 Å². The summed E-state index contributed by atoms with van der Waals surface area (Å²) in [6.07, 6.45) is 16.9. The van der Waals surface area contributed by atoms with Gasteiger partial charge in [-0.15, -0.1) is 0 Å². The Hall–Kier alpha value is -0.603. The molecule has 0 bridgehead atoms. The maximum Gasteiger partial charge on any atom is 0.218 e. The Labute approximate surface area is 158 Å². The minimum atomic E-state index is -1.76. The van der Waals surface area contributed by atoms with Crippen molar-refractivity contribution >= 4 is 13.5 Å². The van der Waals surface area contributed by atoms with E-state index in [1.807, 2.05) is 0 Å². The van der Waals surface area contributed by atoms with Crippen LogP contribution in [-0.4, -0.2) is 14.4 Å². The van der Waals surface area contributed by atoms with Gasteiger partial charge in [0.15, 0.2) is 0 Å². The van der Waals surface area contributed by atoms with Gasteiger partial charge in [0, 0.05) is 6.10 Å². The quantitative estimate of drug-likeness (QED) is 0.237. The lowest BCUT2D eigenvalue weighted by molar-refractivity contribution is 0.178. The predicted octanol–water partition coefficient (Wildman–Crippen LogP) is 7.20. The Morgan fingerprint density at radius 3 is 1.80 bits per heavy atom. The van der Waals surface area contributed by atoms with Crippen LogP contribution >= 0.6 is 0 Å². The summed E-state index contributed by atoms with van der Waals surface area (Å²) in [6.45, 7) is 9.24. The molecule has 0 saturated carbocycles. The molecule has 2 heteroatoms. The van der Waals surface area contributed by atoms with Gasteiger partial charge in [0.2, 0.25) is 8.32 Å². The third kappa shape index (κ3) is 10.2. The molecule has 1 nitrogen and oxygen atoms in total. The maximum atomic E-state index is 6.59. The molecule has 0 aliphatic carbocycles. The van der Waals surface area contributed by atoms with E-state index in [4.69, 9.17) is 4.43 Å². The van der Waals surface area contributed by atoms with Gasteiger partial charge in [-0.2, -0.15) is 0 Å². The van der Waals surface area contributed by atoms with E-state index < -0.39 is 8.32 Å². The molecule has 1 aromatic rings. The molecule has 0 spiro atoms. The molecule has 1 atom stereocenters. The van der Waals surface area contributed by atoms with Crippen LogP contribution in [0.3, 0.4) is 0 Å². The molecule has 1 unspecified atom stereocenters. The van der Waals surface area contributed by atoms with E-state index in [0.717, 1.165) is 6.42 Å². The van der Waals surface area contributed by atoms with Crippen molar-refractivity contribution in [2.24, 2.45) is 0 Å². The third-order valence-corrected chi connectivity index (χ3v) is 7.91. The first kappa shape index (κ1) is 22.4. The van der Waals surface area contributed by atoms with Gasteiger partial charge >= 0.3 is 0 Å². The van der Waals surface area contributed by atoms with E-state index in [-0.39, 0.29) is 0 Å². The first-order valence-electron chi connectivity index (χ1n) is 10.8. The number of rotatable bonds is 15. The molecule has 0 aliphatic heterocycles. The molecular weight excluding hydrogens is 320 g/mol. The van der Waals surface area contributed by atoms with Crippen LogP contribution in [0, 0.1) is 0 Å². The Morgan fingerprint density at radius 2 is 1.28 bits per heavy atom. The van der Waals surface area contributed by atoms with Crippen molar-refractivity contribution in [2.75, 3.05) is 0 Å². The van der Waals surface area contributed by atoms with Gasteiger partial charge < -0.3 is 4.43 Å². The van der Waals surface area contributed by atoms with Crippen molar-refractivity contribution in [1.29, 1.82) is 0 Å². The number of benzene rings is 1. The number of hydrogen-bond donors (Lipinski definition) is 0. The van der Waals surface area contributed by atoms with Crippen molar-refractivity contribution in [1.82, 2.24) is 0 Å². The van der Waals surface area contributed by atoms with E-state index in [1.54, 1.807) is 0 Å². The molecular formula is C23H42OSi. The second-order valence-corrected chi connectivity index (χ2v) is 11.8. The van der Waals surface area contributed by atoms with Crippen LogP contribution in [-0.2, 0) is 4.43 Å². The number of hydrogen-bond acceptors (Lipinski definition) is 1. The fraction of sp³-hybridized carbons (Fsp3) is 0.739. The standard InChI is InChI=1S/C23H42OSi/c1-5-7-8-9-10-11-12-13-14-16-19-22(6-2)24-25(3,4)23-20-17-15-18-21-23/h15,17-18,20-22H,5-14,16,19H2,1-4H3. The largest absolute Gasteiger partial charge is 0.410 e. The fourth-order valence-electron chi connectivity index (χ4n) is 3.53. The third-order valence-electron chi connectivity index (χ3n) is 5.27. The Morgan fingerprint density at radius 1 is 0.760 bits per heavy atom. The fourth-order valence-corrected chi connectivity index (χ4v) is 5.78. The first-order chi connectivity index (χ1) is 12.1.